The molecule has 0 fully saturated rings. The minimum Gasteiger partial charge on any atom is -0.318 e. The molecule has 0 radical (unpaired) electrons. The molecule has 0 aliphatic carbocycles. The Bertz CT molecular complexity index is 816. The lowest BCUT2D eigenvalue weighted by molar-refractivity contribution is 0.102. The van der Waals surface area contributed by atoms with E-state index in [1.54, 1.807) is 36.4 Å². The van der Waals surface area contributed by atoms with Gasteiger partial charge in [-0.05, 0) is 36.4 Å². The monoisotopic (exact) mass is 316 g/mol. The van der Waals surface area contributed by atoms with Gasteiger partial charge >= 0.3 is 0 Å². The van der Waals surface area contributed by atoms with Crippen molar-refractivity contribution in [2.75, 3.05) is 5.32 Å². The van der Waals surface area contributed by atoms with Crippen LogP contribution >= 0.6 is 11.6 Å². The molecule has 1 amide bonds. The molecule has 1 N–H and O–H groups in total. The highest BCUT2D eigenvalue weighted by Crippen LogP contribution is 2.15. The molecule has 7 heteroatoms. The summed E-state index contributed by atoms with van der Waals surface area (Å²) in [5.74, 6) is -1.05. The highest BCUT2D eigenvalue weighted by atomic mass is 35.5. The fraction of sp³-hybridized carbons (Fsp3) is 0. The standard InChI is InChI=1S/C15H10ClFN4O/c16-10-5-7-11(8-6-10)21-9-14(19-20-21)15(22)18-13-4-2-1-3-12(13)17/h1-9H,(H,18,22). The van der Waals surface area contributed by atoms with E-state index in [1.807, 2.05) is 0 Å². The molecule has 1 heterocycles. The van der Waals surface area contributed by atoms with Gasteiger partial charge in [-0.25, -0.2) is 9.07 Å². The van der Waals surface area contributed by atoms with Gasteiger partial charge in [-0.3, -0.25) is 4.79 Å². The zero-order valence-electron chi connectivity index (χ0n) is 11.2. The molecule has 3 rings (SSSR count). The van der Waals surface area contributed by atoms with Gasteiger partial charge in [0.25, 0.3) is 5.91 Å². The van der Waals surface area contributed by atoms with Crippen LogP contribution in [0, 0.1) is 5.82 Å². The summed E-state index contributed by atoms with van der Waals surface area (Å²) in [6, 6.07) is 12.8. The highest BCUT2D eigenvalue weighted by molar-refractivity contribution is 6.30. The number of benzene rings is 2. The average molecular weight is 317 g/mol. The van der Waals surface area contributed by atoms with Crippen molar-refractivity contribution in [2.24, 2.45) is 0 Å². The van der Waals surface area contributed by atoms with Gasteiger partial charge in [0.05, 0.1) is 17.6 Å². The molecule has 0 unspecified atom stereocenters. The highest BCUT2D eigenvalue weighted by Gasteiger charge is 2.13. The molecule has 0 spiro atoms. The molecule has 0 saturated heterocycles. The van der Waals surface area contributed by atoms with Gasteiger partial charge < -0.3 is 5.32 Å². The number of carbonyl (C=O) groups is 1. The Hall–Kier alpha value is -2.73. The number of rotatable bonds is 3. The molecule has 22 heavy (non-hydrogen) atoms. The first kappa shape index (κ1) is 14.2. The number of nitrogens with one attached hydrogen (secondary N) is 1. The minimum atomic E-state index is -0.537. The summed E-state index contributed by atoms with van der Waals surface area (Å²) in [5, 5.41) is 10.7. The van der Waals surface area contributed by atoms with Crippen molar-refractivity contribution in [1.29, 1.82) is 0 Å². The molecule has 1 aromatic heterocycles. The zero-order chi connectivity index (χ0) is 15.5. The minimum absolute atomic E-state index is 0.0817. The lowest BCUT2D eigenvalue weighted by Gasteiger charge is -2.03. The number of para-hydroxylation sites is 1. The molecule has 0 atom stereocenters. The third-order valence-electron chi connectivity index (χ3n) is 2.94. The van der Waals surface area contributed by atoms with E-state index in [9.17, 15) is 9.18 Å². The predicted molar refractivity (Wildman–Crippen MR) is 80.7 cm³/mol. The third kappa shape index (κ3) is 2.96. The number of aromatic nitrogens is 3. The molecule has 0 aliphatic rings. The van der Waals surface area contributed by atoms with E-state index in [4.69, 9.17) is 11.6 Å². The van der Waals surface area contributed by atoms with Gasteiger partial charge in [0, 0.05) is 5.02 Å². The van der Waals surface area contributed by atoms with Crippen LogP contribution in [0.2, 0.25) is 5.02 Å². The average Bonchev–Trinajstić information content (AvgIpc) is 3.00. The number of halogens is 2. The van der Waals surface area contributed by atoms with Crippen molar-refractivity contribution in [3.05, 3.63) is 71.3 Å². The molecule has 2 aromatic carbocycles. The van der Waals surface area contributed by atoms with Crippen molar-refractivity contribution in [3.8, 4) is 5.69 Å². The van der Waals surface area contributed by atoms with Gasteiger partial charge in [0.15, 0.2) is 5.69 Å². The molecule has 0 aliphatic heterocycles. The summed E-state index contributed by atoms with van der Waals surface area (Å²) >= 11 is 5.81. The van der Waals surface area contributed by atoms with Crippen molar-refractivity contribution < 1.29 is 9.18 Å². The van der Waals surface area contributed by atoms with Crippen LogP contribution in [0.4, 0.5) is 10.1 Å². The van der Waals surface area contributed by atoms with Crippen LogP contribution in [0.5, 0.6) is 0 Å². The molecular formula is C15H10ClFN4O. The largest absolute Gasteiger partial charge is 0.318 e. The first-order valence-electron chi connectivity index (χ1n) is 6.37. The molecule has 110 valence electrons. The van der Waals surface area contributed by atoms with Crippen LogP contribution in [-0.4, -0.2) is 20.9 Å². The number of anilines is 1. The first-order valence-corrected chi connectivity index (χ1v) is 6.75. The number of carbonyl (C=O) groups excluding carboxylic acids is 1. The maximum atomic E-state index is 13.5. The second kappa shape index (κ2) is 5.95. The Kier molecular flexibility index (Phi) is 3.84. The van der Waals surface area contributed by atoms with Crippen molar-refractivity contribution >= 4 is 23.2 Å². The van der Waals surface area contributed by atoms with Crippen molar-refractivity contribution in [2.45, 2.75) is 0 Å². The quantitative estimate of drug-likeness (QED) is 0.806. The maximum Gasteiger partial charge on any atom is 0.277 e. The van der Waals surface area contributed by atoms with Gasteiger partial charge in [-0.2, -0.15) is 0 Å². The molecule has 0 saturated carbocycles. The van der Waals surface area contributed by atoms with E-state index in [2.05, 4.69) is 15.6 Å². The number of amides is 1. The third-order valence-corrected chi connectivity index (χ3v) is 3.19. The van der Waals surface area contributed by atoms with E-state index >= 15 is 0 Å². The second-order valence-electron chi connectivity index (χ2n) is 4.46. The lowest BCUT2D eigenvalue weighted by atomic mass is 10.3. The van der Waals surface area contributed by atoms with Crippen molar-refractivity contribution in [3.63, 3.8) is 0 Å². The normalized spacial score (nSPS) is 10.5. The second-order valence-corrected chi connectivity index (χ2v) is 4.90. The van der Waals surface area contributed by atoms with Gasteiger partial charge in [-0.1, -0.05) is 28.9 Å². The van der Waals surface area contributed by atoms with Crippen LogP contribution in [0.25, 0.3) is 5.69 Å². The van der Waals surface area contributed by atoms with E-state index < -0.39 is 11.7 Å². The maximum absolute atomic E-state index is 13.5. The van der Waals surface area contributed by atoms with Crippen LogP contribution in [0.3, 0.4) is 0 Å². The summed E-state index contributed by atoms with van der Waals surface area (Å²) in [6.07, 6.45) is 1.46. The smallest absolute Gasteiger partial charge is 0.277 e. The lowest BCUT2D eigenvalue weighted by Crippen LogP contribution is -2.13. The van der Waals surface area contributed by atoms with Crippen LogP contribution in [0.1, 0.15) is 10.5 Å². The van der Waals surface area contributed by atoms with Gasteiger partial charge in [0.2, 0.25) is 0 Å². The molecule has 5 nitrogen and oxygen atoms in total. The fourth-order valence-corrected chi connectivity index (χ4v) is 1.96. The molecule has 0 bridgehead atoms. The van der Waals surface area contributed by atoms with Crippen molar-refractivity contribution in [1.82, 2.24) is 15.0 Å². The SMILES string of the molecule is O=C(Nc1ccccc1F)c1cn(-c2ccc(Cl)cc2)nn1. The molecule has 3 aromatic rings. The van der Waals surface area contributed by atoms with Gasteiger partial charge in [-0.15, -0.1) is 5.10 Å². The van der Waals surface area contributed by atoms with Crippen LogP contribution in [0.15, 0.2) is 54.7 Å². The Labute approximate surface area is 130 Å². The van der Waals surface area contributed by atoms with E-state index in [0.29, 0.717) is 10.7 Å². The van der Waals surface area contributed by atoms with Crippen LogP contribution in [-0.2, 0) is 0 Å². The topological polar surface area (TPSA) is 59.8 Å². The summed E-state index contributed by atoms with van der Waals surface area (Å²) in [7, 11) is 0. The van der Waals surface area contributed by atoms with Gasteiger partial charge in [0.1, 0.15) is 5.82 Å². The summed E-state index contributed by atoms with van der Waals surface area (Å²) in [6.45, 7) is 0. The van der Waals surface area contributed by atoms with E-state index in [0.717, 1.165) is 0 Å². The Morgan fingerprint density at radius 1 is 1.14 bits per heavy atom. The number of nitrogens with zero attached hydrogens (tertiary/aromatic N) is 3. The van der Waals surface area contributed by atoms with E-state index in [-0.39, 0.29) is 11.4 Å². The Balaban J connectivity index is 1.80. The molecular weight excluding hydrogens is 307 g/mol. The summed E-state index contributed by atoms with van der Waals surface area (Å²) in [5.41, 5.74) is 0.883. The summed E-state index contributed by atoms with van der Waals surface area (Å²) < 4.78 is 14.9. The predicted octanol–water partition coefficient (Wildman–Crippen LogP) is 3.31. The Morgan fingerprint density at radius 3 is 2.59 bits per heavy atom. The fourth-order valence-electron chi connectivity index (χ4n) is 1.84. The number of hydrogen-bond acceptors (Lipinski definition) is 3. The Morgan fingerprint density at radius 2 is 1.86 bits per heavy atom. The summed E-state index contributed by atoms with van der Waals surface area (Å²) in [4.78, 5) is 12.1. The first-order chi connectivity index (χ1) is 10.6. The van der Waals surface area contributed by atoms with E-state index in [1.165, 1.54) is 23.0 Å². The van der Waals surface area contributed by atoms with Crippen LogP contribution < -0.4 is 5.32 Å². The zero-order valence-corrected chi connectivity index (χ0v) is 12.0. The number of hydrogen-bond donors (Lipinski definition) is 1.